The number of hydrogen-bond acceptors (Lipinski definition) is 2. The molecule has 0 aliphatic heterocycles. The Bertz CT molecular complexity index is 444. The Labute approximate surface area is 125 Å². The van der Waals surface area contributed by atoms with Gasteiger partial charge in [0.2, 0.25) is 0 Å². The first kappa shape index (κ1) is 15.3. The largest absolute Gasteiger partial charge is 0.458 e. The summed E-state index contributed by atoms with van der Waals surface area (Å²) >= 11 is 5.83. The Morgan fingerprint density at radius 2 is 1.90 bits per heavy atom. The Balaban J connectivity index is 1.99. The van der Waals surface area contributed by atoms with Crippen molar-refractivity contribution >= 4 is 17.6 Å². The number of nitrogens with one attached hydrogen (secondary N) is 1. The summed E-state index contributed by atoms with van der Waals surface area (Å²) in [5, 5.41) is 0.633. The first-order valence-electron chi connectivity index (χ1n) is 7.32. The molecule has 4 heteroatoms. The van der Waals surface area contributed by atoms with E-state index in [0.717, 1.165) is 25.8 Å². The first-order valence-corrected chi connectivity index (χ1v) is 7.69. The summed E-state index contributed by atoms with van der Waals surface area (Å²) in [6.07, 6.45) is 4.59. The highest BCUT2D eigenvalue weighted by Gasteiger charge is 2.30. The van der Waals surface area contributed by atoms with Gasteiger partial charge in [0.25, 0.3) is 0 Å². The van der Waals surface area contributed by atoms with Crippen LogP contribution >= 0.6 is 11.6 Å². The molecule has 0 radical (unpaired) electrons. The fraction of sp³-hybridized carbons (Fsp3) is 0.562. The zero-order valence-electron chi connectivity index (χ0n) is 12.2. The number of quaternary nitrogens is 1. The molecule has 1 aromatic carbocycles. The molecule has 1 N–H and O–H groups in total. The predicted molar refractivity (Wildman–Crippen MR) is 80.3 cm³/mol. The summed E-state index contributed by atoms with van der Waals surface area (Å²) in [5.74, 6) is 0.248. The lowest BCUT2D eigenvalue weighted by Gasteiger charge is -2.31. The number of esters is 1. The Kier molecular flexibility index (Phi) is 5.44. The lowest BCUT2D eigenvalue weighted by molar-refractivity contribution is -0.862. The van der Waals surface area contributed by atoms with Crippen LogP contribution in [0.3, 0.4) is 0 Å². The van der Waals surface area contributed by atoms with Crippen molar-refractivity contribution in [3.63, 3.8) is 0 Å². The third kappa shape index (κ3) is 4.22. The second kappa shape index (κ2) is 7.09. The number of rotatable bonds is 4. The number of carbonyl (C=O) groups is 1. The van der Waals surface area contributed by atoms with Gasteiger partial charge in [-0.25, -0.2) is 4.79 Å². The Morgan fingerprint density at radius 3 is 2.55 bits per heavy atom. The van der Waals surface area contributed by atoms with Crippen LogP contribution in [-0.4, -0.2) is 32.7 Å². The summed E-state index contributed by atoms with van der Waals surface area (Å²) in [6, 6.07) is 6.89. The first-order chi connectivity index (χ1) is 9.56. The second-order valence-corrected chi connectivity index (χ2v) is 6.34. The molecular formula is C16H23ClNO2+. The van der Waals surface area contributed by atoms with E-state index in [4.69, 9.17) is 16.3 Å². The lowest BCUT2D eigenvalue weighted by Crippen LogP contribution is -3.06. The highest BCUT2D eigenvalue weighted by Crippen LogP contribution is 2.27. The number of benzene rings is 1. The summed E-state index contributed by atoms with van der Waals surface area (Å²) in [4.78, 5) is 13.6. The zero-order valence-corrected chi connectivity index (χ0v) is 13.0. The predicted octanol–water partition coefficient (Wildman–Crippen LogP) is 2.20. The number of carbonyl (C=O) groups excluding carboxylic acids is 1. The van der Waals surface area contributed by atoms with E-state index in [2.05, 4.69) is 14.1 Å². The normalized spacial score (nSPS) is 22.8. The van der Waals surface area contributed by atoms with Crippen LogP contribution in [0.25, 0.3) is 0 Å². The molecule has 0 spiro atoms. The fourth-order valence-corrected chi connectivity index (χ4v) is 3.00. The molecule has 1 aliphatic carbocycles. The summed E-state index contributed by atoms with van der Waals surface area (Å²) in [7, 11) is 4.29. The molecule has 0 aromatic heterocycles. The molecule has 0 unspecified atom stereocenters. The Morgan fingerprint density at radius 1 is 1.25 bits per heavy atom. The average Bonchev–Trinajstić information content (AvgIpc) is 2.41. The van der Waals surface area contributed by atoms with Crippen molar-refractivity contribution in [2.45, 2.75) is 31.8 Å². The fourth-order valence-electron chi connectivity index (χ4n) is 2.88. The van der Waals surface area contributed by atoms with Crippen molar-refractivity contribution in [2.75, 3.05) is 20.6 Å². The molecule has 2 atom stereocenters. The van der Waals surface area contributed by atoms with Crippen LogP contribution in [0.5, 0.6) is 0 Å². The third-order valence-electron chi connectivity index (χ3n) is 3.85. The monoisotopic (exact) mass is 296 g/mol. The highest BCUT2D eigenvalue weighted by molar-refractivity contribution is 6.30. The van der Waals surface area contributed by atoms with Crippen LogP contribution in [0.2, 0.25) is 5.02 Å². The minimum Gasteiger partial charge on any atom is -0.458 e. The van der Waals surface area contributed by atoms with Gasteiger partial charge in [0.05, 0.1) is 26.2 Å². The van der Waals surface area contributed by atoms with Crippen LogP contribution in [0.15, 0.2) is 24.3 Å². The highest BCUT2D eigenvalue weighted by atomic mass is 35.5. The minimum absolute atomic E-state index is 0.0572. The van der Waals surface area contributed by atoms with Gasteiger partial charge in [-0.05, 0) is 43.5 Å². The van der Waals surface area contributed by atoms with E-state index >= 15 is 0 Å². The van der Waals surface area contributed by atoms with E-state index in [-0.39, 0.29) is 12.1 Å². The Hall–Kier alpha value is -1.06. The molecule has 1 fully saturated rings. The van der Waals surface area contributed by atoms with Crippen LogP contribution in [-0.2, 0) is 4.74 Å². The average molecular weight is 297 g/mol. The molecule has 1 aliphatic rings. The van der Waals surface area contributed by atoms with Crippen LogP contribution in [0.4, 0.5) is 0 Å². The van der Waals surface area contributed by atoms with E-state index in [1.807, 2.05) is 0 Å². The maximum absolute atomic E-state index is 12.2. The van der Waals surface area contributed by atoms with Gasteiger partial charge in [-0.15, -0.1) is 0 Å². The summed E-state index contributed by atoms with van der Waals surface area (Å²) < 4.78 is 5.74. The number of hydrogen-bond donors (Lipinski definition) is 1. The van der Waals surface area contributed by atoms with Gasteiger partial charge in [-0.1, -0.05) is 18.0 Å². The quantitative estimate of drug-likeness (QED) is 0.864. The molecule has 3 nitrogen and oxygen atoms in total. The standard InChI is InChI=1S/C16H22ClNO2/c1-18(2)11-13-5-3-4-6-15(13)20-16(19)12-7-9-14(17)10-8-12/h7-10,13,15H,3-6,11H2,1-2H3/p+1/t13-,15-/m0/s1. The molecule has 0 saturated heterocycles. The SMILES string of the molecule is C[NH+](C)C[C@@H]1CCCC[C@@H]1OC(=O)c1ccc(Cl)cc1. The van der Waals surface area contributed by atoms with E-state index in [0.29, 0.717) is 16.5 Å². The molecule has 0 heterocycles. The molecule has 110 valence electrons. The molecule has 0 bridgehead atoms. The number of ether oxygens (including phenoxy) is 1. The zero-order chi connectivity index (χ0) is 14.5. The molecular weight excluding hydrogens is 274 g/mol. The van der Waals surface area contributed by atoms with Gasteiger partial charge >= 0.3 is 5.97 Å². The van der Waals surface area contributed by atoms with E-state index in [1.54, 1.807) is 24.3 Å². The summed E-state index contributed by atoms with van der Waals surface area (Å²) in [5.41, 5.74) is 0.580. The van der Waals surface area contributed by atoms with Gasteiger partial charge in [0.15, 0.2) is 0 Å². The van der Waals surface area contributed by atoms with Crippen LogP contribution in [0.1, 0.15) is 36.0 Å². The van der Waals surface area contributed by atoms with Crippen molar-refractivity contribution in [3.8, 4) is 0 Å². The minimum atomic E-state index is -0.229. The van der Waals surface area contributed by atoms with Crippen molar-refractivity contribution in [2.24, 2.45) is 5.92 Å². The molecule has 0 amide bonds. The molecule has 20 heavy (non-hydrogen) atoms. The maximum atomic E-state index is 12.2. The van der Waals surface area contributed by atoms with Gasteiger partial charge in [-0.3, -0.25) is 0 Å². The van der Waals surface area contributed by atoms with Crippen LogP contribution in [0, 0.1) is 5.92 Å². The van der Waals surface area contributed by atoms with E-state index in [1.165, 1.54) is 11.3 Å². The molecule has 1 saturated carbocycles. The lowest BCUT2D eigenvalue weighted by atomic mass is 9.86. The smallest absolute Gasteiger partial charge is 0.338 e. The van der Waals surface area contributed by atoms with Gasteiger partial charge < -0.3 is 9.64 Å². The van der Waals surface area contributed by atoms with Crippen molar-refractivity contribution < 1.29 is 14.4 Å². The van der Waals surface area contributed by atoms with Crippen molar-refractivity contribution in [1.29, 1.82) is 0 Å². The third-order valence-corrected chi connectivity index (χ3v) is 4.10. The molecule has 2 rings (SSSR count). The van der Waals surface area contributed by atoms with Gasteiger partial charge in [-0.2, -0.15) is 0 Å². The summed E-state index contributed by atoms with van der Waals surface area (Å²) in [6.45, 7) is 1.05. The van der Waals surface area contributed by atoms with E-state index in [9.17, 15) is 4.79 Å². The van der Waals surface area contributed by atoms with Crippen LogP contribution < -0.4 is 4.90 Å². The van der Waals surface area contributed by atoms with Crippen molar-refractivity contribution in [3.05, 3.63) is 34.9 Å². The molecule has 1 aromatic rings. The number of halogens is 1. The maximum Gasteiger partial charge on any atom is 0.338 e. The topological polar surface area (TPSA) is 30.7 Å². The van der Waals surface area contributed by atoms with Crippen molar-refractivity contribution in [1.82, 2.24) is 0 Å². The van der Waals surface area contributed by atoms with Gasteiger partial charge in [0.1, 0.15) is 6.10 Å². The van der Waals surface area contributed by atoms with E-state index < -0.39 is 0 Å². The second-order valence-electron chi connectivity index (χ2n) is 5.91. The van der Waals surface area contributed by atoms with Gasteiger partial charge in [0, 0.05) is 10.9 Å².